The van der Waals surface area contributed by atoms with Crippen LogP contribution >= 0.6 is 0 Å². The molecule has 1 amide bonds. The van der Waals surface area contributed by atoms with E-state index in [0.29, 0.717) is 63.0 Å². The Morgan fingerprint density at radius 3 is 2.55 bits per heavy atom. The first-order valence-electron chi connectivity index (χ1n) is 14.5. The second kappa shape index (κ2) is 17.9. The minimum Gasteiger partial charge on any atom is -0.490 e. The lowest BCUT2D eigenvalue weighted by molar-refractivity contribution is -0.137. The van der Waals surface area contributed by atoms with E-state index >= 15 is 0 Å². The van der Waals surface area contributed by atoms with Crippen molar-refractivity contribution in [1.82, 2.24) is 15.2 Å². The minimum absolute atomic E-state index is 0.0168. The van der Waals surface area contributed by atoms with E-state index in [2.05, 4.69) is 10.3 Å². The fourth-order valence-electron chi connectivity index (χ4n) is 5.38. The van der Waals surface area contributed by atoms with Gasteiger partial charge in [-0.05, 0) is 62.7 Å². The predicted molar refractivity (Wildman–Crippen MR) is 146 cm³/mol. The zero-order valence-corrected chi connectivity index (χ0v) is 23.4. The molecule has 0 aromatic carbocycles. The van der Waals surface area contributed by atoms with Gasteiger partial charge < -0.3 is 29.5 Å². The van der Waals surface area contributed by atoms with Crippen LogP contribution in [-0.2, 0) is 23.9 Å². The number of nitrogens with one attached hydrogen (secondary N) is 1. The summed E-state index contributed by atoms with van der Waals surface area (Å²) >= 11 is 0. The monoisotopic (exact) mass is 565 g/mol. The highest BCUT2D eigenvalue weighted by atomic mass is 19.1. The fraction of sp³-hybridized carbons (Fsp3) is 0.724. The lowest BCUT2D eigenvalue weighted by Crippen LogP contribution is -2.42. The molecule has 3 rings (SSSR count). The third kappa shape index (κ3) is 11.5. The summed E-state index contributed by atoms with van der Waals surface area (Å²) in [5, 5.41) is 12.9. The second-order valence-electron chi connectivity index (χ2n) is 10.6. The number of carboxylic acid groups (broad SMARTS) is 1. The number of carbonyl (C=O) groups excluding carboxylic acids is 2. The number of piperidine rings is 2. The number of carboxylic acids is 1. The summed E-state index contributed by atoms with van der Waals surface area (Å²) in [6, 6.07) is 1.72. The summed E-state index contributed by atoms with van der Waals surface area (Å²) in [6.45, 7) is 3.80. The van der Waals surface area contributed by atoms with Gasteiger partial charge in [-0.25, -0.2) is 4.39 Å². The van der Waals surface area contributed by atoms with Crippen LogP contribution in [0.4, 0.5) is 4.39 Å². The highest BCUT2D eigenvalue weighted by Crippen LogP contribution is 2.30. The van der Waals surface area contributed by atoms with Crippen LogP contribution in [0.15, 0.2) is 18.5 Å². The van der Waals surface area contributed by atoms with E-state index in [0.717, 1.165) is 38.8 Å². The molecule has 40 heavy (non-hydrogen) atoms. The highest BCUT2D eigenvalue weighted by Gasteiger charge is 2.31. The Kier molecular flexibility index (Phi) is 14.3. The molecule has 2 saturated heterocycles. The number of hydrogen-bond donors (Lipinski definition) is 2. The van der Waals surface area contributed by atoms with Gasteiger partial charge in [-0.1, -0.05) is 0 Å². The molecule has 1 aromatic rings. The summed E-state index contributed by atoms with van der Waals surface area (Å²) in [7, 11) is 0. The van der Waals surface area contributed by atoms with E-state index in [9.17, 15) is 23.9 Å². The van der Waals surface area contributed by atoms with Gasteiger partial charge in [0.15, 0.2) is 0 Å². The molecule has 2 N–H and O–H groups in total. The zero-order chi connectivity index (χ0) is 28.6. The topological polar surface area (TPSA) is 127 Å². The summed E-state index contributed by atoms with van der Waals surface area (Å²) in [5.41, 5.74) is 0.625. The normalized spacial score (nSPS) is 18.8. The van der Waals surface area contributed by atoms with Crippen molar-refractivity contribution in [3.05, 3.63) is 24.0 Å². The van der Waals surface area contributed by atoms with E-state index in [-0.39, 0.29) is 43.7 Å². The molecular weight excluding hydrogens is 521 g/mol. The number of aliphatic carboxylic acids is 1. The Balaban J connectivity index is 1.49. The van der Waals surface area contributed by atoms with Crippen molar-refractivity contribution in [2.75, 3.05) is 65.9 Å². The van der Waals surface area contributed by atoms with Crippen molar-refractivity contribution in [3.8, 4) is 5.75 Å². The molecule has 0 aliphatic carbocycles. The third-order valence-electron chi connectivity index (χ3n) is 7.62. The number of amides is 1. The van der Waals surface area contributed by atoms with Gasteiger partial charge in [0, 0.05) is 44.0 Å². The number of aromatic nitrogens is 1. The van der Waals surface area contributed by atoms with Crippen LogP contribution in [0.2, 0.25) is 0 Å². The first-order chi connectivity index (χ1) is 19.5. The number of rotatable bonds is 18. The number of ether oxygens (including phenoxy) is 3. The van der Waals surface area contributed by atoms with E-state index in [1.165, 1.54) is 6.20 Å². The molecule has 0 saturated carbocycles. The second-order valence-corrected chi connectivity index (χ2v) is 10.6. The number of likely N-dealkylation sites (tertiary alicyclic amines) is 1. The number of nitrogens with zero attached hydrogens (tertiary/aromatic N) is 2. The Hall–Kier alpha value is -2.63. The van der Waals surface area contributed by atoms with E-state index in [1.807, 2.05) is 4.90 Å². The van der Waals surface area contributed by atoms with Gasteiger partial charge in [0.2, 0.25) is 5.91 Å². The fourth-order valence-corrected chi connectivity index (χ4v) is 5.38. The molecule has 1 aromatic heterocycles. The Labute approximate surface area is 235 Å². The molecule has 2 fully saturated rings. The Bertz CT molecular complexity index is 929. The van der Waals surface area contributed by atoms with Crippen LogP contribution in [-0.4, -0.2) is 98.5 Å². The van der Waals surface area contributed by atoms with Crippen molar-refractivity contribution in [3.63, 3.8) is 0 Å². The molecule has 2 atom stereocenters. The number of hydrogen-bond acceptors (Lipinski definition) is 8. The zero-order valence-electron chi connectivity index (χ0n) is 23.4. The van der Waals surface area contributed by atoms with E-state index < -0.39 is 18.6 Å². The average molecular weight is 566 g/mol. The van der Waals surface area contributed by atoms with Crippen molar-refractivity contribution >= 4 is 17.7 Å². The number of ketones is 1. The van der Waals surface area contributed by atoms with Gasteiger partial charge in [0.05, 0.1) is 39.0 Å². The quantitative estimate of drug-likeness (QED) is 0.258. The van der Waals surface area contributed by atoms with Crippen LogP contribution in [0.3, 0.4) is 0 Å². The van der Waals surface area contributed by atoms with Crippen LogP contribution in [0.25, 0.3) is 0 Å². The van der Waals surface area contributed by atoms with Crippen molar-refractivity contribution in [2.24, 2.45) is 11.8 Å². The lowest BCUT2D eigenvalue weighted by Gasteiger charge is -2.33. The summed E-state index contributed by atoms with van der Waals surface area (Å²) in [5.74, 6) is -0.688. The minimum atomic E-state index is -0.995. The lowest BCUT2D eigenvalue weighted by atomic mass is 9.84. The maximum atomic E-state index is 13.3. The van der Waals surface area contributed by atoms with Crippen LogP contribution in [0.5, 0.6) is 5.75 Å². The number of carbonyl (C=O) groups is 3. The maximum absolute atomic E-state index is 13.3. The van der Waals surface area contributed by atoms with Crippen LogP contribution in [0.1, 0.15) is 62.8 Å². The van der Waals surface area contributed by atoms with Gasteiger partial charge in [-0.15, -0.1) is 0 Å². The molecule has 3 heterocycles. The number of pyridine rings is 1. The third-order valence-corrected chi connectivity index (χ3v) is 7.62. The smallest absolute Gasteiger partial charge is 0.303 e. The molecule has 11 heteroatoms. The molecule has 0 bridgehead atoms. The standard InChI is InChI=1S/C29H44FN3O7/c30-7-11-38-12-13-39-14-15-40-26-16-25(19-32-20-26)24(18-29(36)37)17-27(34)23-2-1-10-33(21-23)28(35)4-3-22-5-8-31-9-6-22/h16,19-20,22-24,31H,1-15,17-18,21H2,(H,36,37)/t23-,24+/m1/s1. The van der Waals surface area contributed by atoms with Gasteiger partial charge >= 0.3 is 5.97 Å². The van der Waals surface area contributed by atoms with Gasteiger partial charge in [0.1, 0.15) is 24.8 Å². The molecule has 2 aliphatic rings. The highest BCUT2D eigenvalue weighted by molar-refractivity contribution is 5.84. The first-order valence-corrected chi connectivity index (χ1v) is 14.5. The molecular formula is C29H44FN3O7. The number of Topliss-reactive ketones (excluding diaryl/α,β-unsaturated/α-hetero) is 1. The Morgan fingerprint density at radius 1 is 1.05 bits per heavy atom. The van der Waals surface area contributed by atoms with Crippen LogP contribution in [0, 0.1) is 11.8 Å². The van der Waals surface area contributed by atoms with Gasteiger partial charge in [0.25, 0.3) is 0 Å². The van der Waals surface area contributed by atoms with Gasteiger partial charge in [-0.2, -0.15) is 0 Å². The predicted octanol–water partition coefficient (Wildman–Crippen LogP) is 3.00. The molecule has 0 spiro atoms. The average Bonchev–Trinajstić information content (AvgIpc) is 2.97. The molecule has 224 valence electrons. The van der Waals surface area contributed by atoms with Gasteiger partial charge in [-0.3, -0.25) is 19.4 Å². The largest absolute Gasteiger partial charge is 0.490 e. The number of alkyl halides is 1. The first kappa shape index (κ1) is 31.9. The molecule has 10 nitrogen and oxygen atoms in total. The van der Waals surface area contributed by atoms with Crippen molar-refractivity contribution in [2.45, 2.75) is 57.3 Å². The Morgan fingerprint density at radius 2 is 1.80 bits per heavy atom. The summed E-state index contributed by atoms with van der Waals surface area (Å²) in [4.78, 5) is 43.9. The van der Waals surface area contributed by atoms with Crippen molar-refractivity contribution in [1.29, 1.82) is 0 Å². The summed E-state index contributed by atoms with van der Waals surface area (Å²) < 4.78 is 28.1. The van der Waals surface area contributed by atoms with Crippen LogP contribution < -0.4 is 10.1 Å². The van der Waals surface area contributed by atoms with Crippen molar-refractivity contribution < 1.29 is 38.1 Å². The maximum Gasteiger partial charge on any atom is 0.303 e. The molecule has 0 unspecified atom stereocenters. The number of halogens is 1. The molecule has 0 radical (unpaired) electrons. The summed E-state index contributed by atoms with van der Waals surface area (Å²) in [6.07, 6.45) is 8.06. The SMILES string of the molecule is O=C(O)C[C@H](CC(=O)[C@@H]1CCCN(C(=O)CCC2CCNCC2)C1)c1cncc(OCCOCCOCCF)c1. The van der Waals surface area contributed by atoms with E-state index in [4.69, 9.17) is 14.2 Å². The molecule has 2 aliphatic heterocycles. The van der Waals surface area contributed by atoms with E-state index in [1.54, 1.807) is 12.3 Å².